The lowest BCUT2D eigenvalue weighted by atomic mass is 10.0. The predicted octanol–water partition coefficient (Wildman–Crippen LogP) is 6.24. The number of benzene rings is 1. The van der Waals surface area contributed by atoms with Crippen molar-refractivity contribution in [1.82, 2.24) is 15.2 Å². The Morgan fingerprint density at radius 1 is 1.06 bits per heavy atom. The van der Waals surface area contributed by atoms with E-state index in [2.05, 4.69) is 15.2 Å². The van der Waals surface area contributed by atoms with Crippen LogP contribution in [-0.4, -0.2) is 15.0 Å². The highest BCUT2D eigenvalue weighted by Crippen LogP contribution is 2.42. The second kappa shape index (κ2) is 8.78. The van der Waals surface area contributed by atoms with E-state index in [-0.39, 0.29) is 12.1 Å². The number of nitrogens with one attached hydrogen (secondary N) is 1. The Balaban J connectivity index is 1.46. The summed E-state index contributed by atoms with van der Waals surface area (Å²) in [6.07, 6.45) is 3.46. The Bertz CT molecular complexity index is 1160. The van der Waals surface area contributed by atoms with E-state index in [1.807, 2.05) is 66.7 Å². The Labute approximate surface area is 194 Å². The maximum absolute atomic E-state index is 6.28. The van der Waals surface area contributed by atoms with Crippen LogP contribution in [0.5, 0.6) is 0 Å². The molecule has 5 rings (SSSR count). The number of halogens is 1. The third kappa shape index (κ3) is 4.35. The molecule has 1 fully saturated rings. The van der Waals surface area contributed by atoms with Crippen molar-refractivity contribution in [3.05, 3.63) is 101 Å². The number of nitrogens with zero attached hydrogens (tertiary/aromatic N) is 2. The van der Waals surface area contributed by atoms with E-state index in [0.717, 1.165) is 27.2 Å². The smallest absolute Gasteiger partial charge is 0.170 e. The largest absolute Gasteiger partial charge is 0.467 e. The molecule has 0 unspecified atom stereocenters. The third-order valence-corrected chi connectivity index (χ3v) is 6.56. The molecule has 5 nitrogen and oxygen atoms in total. The number of hydrogen-bond donors (Lipinski definition) is 1. The summed E-state index contributed by atoms with van der Waals surface area (Å²) in [5.74, 6) is 1.64. The predicted molar refractivity (Wildman–Crippen MR) is 124 cm³/mol. The van der Waals surface area contributed by atoms with Crippen molar-refractivity contribution in [3.8, 4) is 0 Å². The van der Waals surface area contributed by atoms with Crippen LogP contribution in [0.2, 0.25) is 5.02 Å². The van der Waals surface area contributed by atoms with Crippen molar-refractivity contribution >= 4 is 40.7 Å². The van der Waals surface area contributed by atoms with Crippen LogP contribution in [0.15, 0.2) is 98.0 Å². The molecule has 2 atom stereocenters. The molecule has 0 amide bonds. The summed E-state index contributed by atoms with van der Waals surface area (Å²) in [6.45, 7) is 0.535. The molecule has 1 aliphatic rings. The fraction of sp³-hybridized carbons (Fsp3) is 0.130. The summed E-state index contributed by atoms with van der Waals surface area (Å²) in [5, 5.41) is 5.57. The van der Waals surface area contributed by atoms with Crippen LogP contribution in [0.4, 0.5) is 0 Å². The molecule has 0 bridgehead atoms. The van der Waals surface area contributed by atoms with Crippen LogP contribution in [-0.2, 0) is 6.54 Å². The number of pyridine rings is 1. The first-order valence-corrected chi connectivity index (χ1v) is 11.3. The second-order valence-electron chi connectivity index (χ2n) is 7.05. The van der Waals surface area contributed by atoms with Crippen LogP contribution in [0.25, 0.3) is 0 Å². The molecule has 0 radical (unpaired) electrons. The van der Waals surface area contributed by atoms with Gasteiger partial charge in [-0.3, -0.25) is 4.98 Å². The topological polar surface area (TPSA) is 54.4 Å². The van der Waals surface area contributed by atoms with Gasteiger partial charge in [0.1, 0.15) is 17.6 Å². The average Bonchev–Trinajstić information content (AvgIpc) is 3.52. The number of hydrogen-bond acceptors (Lipinski definition) is 5. The Morgan fingerprint density at radius 2 is 1.94 bits per heavy atom. The minimum Gasteiger partial charge on any atom is -0.467 e. The van der Waals surface area contributed by atoms with Crippen LogP contribution in [0, 0.1) is 0 Å². The van der Waals surface area contributed by atoms with Crippen LogP contribution >= 0.6 is 35.6 Å². The number of thiocarbonyl (C=S) groups is 1. The van der Waals surface area contributed by atoms with Gasteiger partial charge in [-0.15, -0.1) is 0 Å². The molecule has 31 heavy (non-hydrogen) atoms. The Hall–Kier alpha value is -2.74. The van der Waals surface area contributed by atoms with E-state index < -0.39 is 0 Å². The van der Waals surface area contributed by atoms with Crippen LogP contribution in [0.1, 0.15) is 29.3 Å². The van der Waals surface area contributed by atoms with Gasteiger partial charge in [0, 0.05) is 16.1 Å². The first-order chi connectivity index (χ1) is 15.2. The Morgan fingerprint density at radius 3 is 2.68 bits per heavy atom. The summed E-state index contributed by atoms with van der Waals surface area (Å²) in [5.41, 5.74) is 0.903. The number of furan rings is 2. The molecule has 156 valence electrons. The highest BCUT2D eigenvalue weighted by Gasteiger charge is 2.42. The van der Waals surface area contributed by atoms with Crippen LogP contribution in [0.3, 0.4) is 0 Å². The van der Waals surface area contributed by atoms with Crippen molar-refractivity contribution in [1.29, 1.82) is 0 Å². The summed E-state index contributed by atoms with van der Waals surface area (Å²) in [7, 11) is 0. The molecule has 1 aromatic carbocycles. The Kier molecular flexibility index (Phi) is 5.72. The lowest BCUT2D eigenvalue weighted by Gasteiger charge is -2.25. The molecule has 1 aliphatic heterocycles. The van der Waals surface area contributed by atoms with Gasteiger partial charge in [-0.1, -0.05) is 29.4 Å². The minimum absolute atomic E-state index is 0.136. The second-order valence-corrected chi connectivity index (χ2v) is 8.95. The first kappa shape index (κ1) is 20.2. The SMILES string of the molecule is S=C1N[C@@H](c2ccccn2)[C@@H](c2ccc(Sc3ccc(Cl)cc3)o2)N1Cc1ccco1. The molecule has 0 saturated carbocycles. The van der Waals surface area contributed by atoms with Gasteiger partial charge in [0.05, 0.1) is 24.5 Å². The van der Waals surface area contributed by atoms with Crippen molar-refractivity contribution in [2.45, 2.75) is 28.6 Å². The molecule has 0 spiro atoms. The van der Waals surface area contributed by atoms with E-state index in [1.54, 1.807) is 24.2 Å². The number of aromatic nitrogens is 1. The van der Waals surface area contributed by atoms with Crippen LogP contribution < -0.4 is 5.32 Å². The third-order valence-electron chi connectivity index (χ3n) is 5.03. The van der Waals surface area contributed by atoms with Gasteiger partial charge in [0.2, 0.25) is 0 Å². The molecule has 1 N–H and O–H groups in total. The van der Waals surface area contributed by atoms with Gasteiger partial charge in [0.15, 0.2) is 10.2 Å². The molecule has 4 heterocycles. The summed E-state index contributed by atoms with van der Waals surface area (Å²) >= 11 is 13.2. The highest BCUT2D eigenvalue weighted by atomic mass is 35.5. The zero-order chi connectivity index (χ0) is 21.2. The molecular weight excluding hydrogens is 450 g/mol. The fourth-order valence-electron chi connectivity index (χ4n) is 3.62. The van der Waals surface area contributed by atoms with Gasteiger partial charge in [0.25, 0.3) is 0 Å². The fourth-order valence-corrected chi connectivity index (χ4v) is 4.83. The van der Waals surface area contributed by atoms with Gasteiger partial charge >= 0.3 is 0 Å². The summed E-state index contributed by atoms with van der Waals surface area (Å²) < 4.78 is 11.9. The van der Waals surface area contributed by atoms with Gasteiger partial charge in [-0.05, 0) is 72.9 Å². The molecule has 1 saturated heterocycles. The van der Waals surface area contributed by atoms with Crippen molar-refractivity contribution < 1.29 is 8.83 Å². The lowest BCUT2D eigenvalue weighted by molar-refractivity contribution is 0.241. The van der Waals surface area contributed by atoms with E-state index in [0.29, 0.717) is 16.7 Å². The minimum atomic E-state index is -0.160. The van der Waals surface area contributed by atoms with Gasteiger partial charge < -0.3 is 19.1 Å². The van der Waals surface area contributed by atoms with Gasteiger partial charge in [-0.2, -0.15) is 0 Å². The summed E-state index contributed by atoms with van der Waals surface area (Å²) in [4.78, 5) is 7.69. The quantitative estimate of drug-likeness (QED) is 0.336. The van der Waals surface area contributed by atoms with Crippen molar-refractivity contribution in [2.24, 2.45) is 0 Å². The maximum atomic E-state index is 6.28. The molecule has 4 aromatic rings. The molecule has 0 aliphatic carbocycles. The normalized spacial score (nSPS) is 18.4. The standard InChI is InChI=1S/C23H18ClN3O2S2/c24-15-6-8-17(9-7-15)31-20-11-10-19(29-20)22-21(18-5-1-2-12-25-18)26-23(30)27(22)14-16-4-3-13-28-16/h1-13,21-22H,14H2,(H,26,30)/t21-,22+/m0/s1. The maximum Gasteiger partial charge on any atom is 0.170 e. The zero-order valence-corrected chi connectivity index (χ0v) is 18.7. The van der Waals surface area contributed by atoms with E-state index >= 15 is 0 Å². The van der Waals surface area contributed by atoms with E-state index in [4.69, 9.17) is 32.7 Å². The monoisotopic (exact) mass is 467 g/mol. The van der Waals surface area contributed by atoms with Crippen molar-refractivity contribution in [2.75, 3.05) is 0 Å². The van der Waals surface area contributed by atoms with Gasteiger partial charge in [-0.25, -0.2) is 0 Å². The van der Waals surface area contributed by atoms with Crippen molar-refractivity contribution in [3.63, 3.8) is 0 Å². The highest BCUT2D eigenvalue weighted by molar-refractivity contribution is 7.99. The molecule has 8 heteroatoms. The number of rotatable bonds is 6. The molecular formula is C23H18ClN3O2S2. The summed E-state index contributed by atoms with van der Waals surface area (Å²) in [6, 6.07) is 21.1. The average molecular weight is 468 g/mol. The first-order valence-electron chi connectivity index (χ1n) is 9.71. The van der Waals surface area contributed by atoms with E-state index in [9.17, 15) is 0 Å². The lowest BCUT2D eigenvalue weighted by Crippen LogP contribution is -2.28. The zero-order valence-electron chi connectivity index (χ0n) is 16.3. The molecule has 3 aromatic heterocycles. The van der Waals surface area contributed by atoms with E-state index in [1.165, 1.54) is 0 Å².